The van der Waals surface area contributed by atoms with Crippen molar-refractivity contribution in [1.29, 1.82) is 0 Å². The highest BCUT2D eigenvalue weighted by Gasteiger charge is 2.43. The van der Waals surface area contributed by atoms with Crippen LogP contribution in [-0.2, 0) is 4.74 Å². The summed E-state index contributed by atoms with van der Waals surface area (Å²) in [5, 5.41) is 0. The maximum Gasteiger partial charge on any atom is 0.166 e. The molecule has 4 heteroatoms. The Balaban J connectivity index is 1.22. The van der Waals surface area contributed by atoms with Crippen molar-refractivity contribution in [2.45, 2.75) is 18.8 Å². The Kier molecular flexibility index (Phi) is 5.85. The van der Waals surface area contributed by atoms with Crippen molar-refractivity contribution in [1.82, 2.24) is 4.90 Å². The third-order valence-corrected chi connectivity index (χ3v) is 5.48. The topological polar surface area (TPSA) is 38.8 Å². The predicted molar refractivity (Wildman–Crippen MR) is 105 cm³/mol. The third-order valence-electron chi connectivity index (χ3n) is 5.48. The van der Waals surface area contributed by atoms with E-state index in [4.69, 9.17) is 9.47 Å². The van der Waals surface area contributed by atoms with Crippen LogP contribution in [0.25, 0.3) is 0 Å². The molecule has 2 aromatic rings. The number of hydrogen-bond acceptors (Lipinski definition) is 4. The lowest BCUT2D eigenvalue weighted by Crippen LogP contribution is -2.37. The minimum absolute atomic E-state index is 0.132. The largest absolute Gasteiger partial charge is 0.494 e. The Bertz CT molecular complexity index is 738. The fourth-order valence-electron chi connectivity index (χ4n) is 3.79. The zero-order valence-electron chi connectivity index (χ0n) is 15.7. The van der Waals surface area contributed by atoms with Crippen molar-refractivity contribution in [2.24, 2.45) is 5.92 Å². The number of morpholine rings is 1. The van der Waals surface area contributed by atoms with E-state index in [-0.39, 0.29) is 11.7 Å². The van der Waals surface area contributed by atoms with Gasteiger partial charge in [0.2, 0.25) is 0 Å². The smallest absolute Gasteiger partial charge is 0.166 e. The molecule has 2 aliphatic rings. The van der Waals surface area contributed by atoms with E-state index in [9.17, 15) is 4.79 Å². The van der Waals surface area contributed by atoms with Crippen LogP contribution in [0.2, 0.25) is 0 Å². The average molecular weight is 365 g/mol. The second-order valence-corrected chi connectivity index (χ2v) is 7.40. The molecule has 2 aromatic carbocycles. The Hall–Kier alpha value is -2.17. The number of nitrogens with zero attached hydrogens (tertiary/aromatic N) is 1. The van der Waals surface area contributed by atoms with Gasteiger partial charge in [0.1, 0.15) is 5.75 Å². The van der Waals surface area contributed by atoms with Crippen molar-refractivity contribution >= 4 is 5.78 Å². The Labute approximate surface area is 161 Å². The molecule has 4 nitrogen and oxygen atoms in total. The monoisotopic (exact) mass is 365 g/mol. The first-order valence-electron chi connectivity index (χ1n) is 9.93. The van der Waals surface area contributed by atoms with Gasteiger partial charge in [-0.3, -0.25) is 9.69 Å². The normalized spacial score (nSPS) is 22.4. The highest BCUT2D eigenvalue weighted by molar-refractivity contribution is 6.00. The van der Waals surface area contributed by atoms with Gasteiger partial charge in [0.15, 0.2) is 5.78 Å². The molecule has 0 spiro atoms. The number of hydrogen-bond donors (Lipinski definition) is 0. The van der Waals surface area contributed by atoms with Gasteiger partial charge in [0, 0.05) is 31.1 Å². The summed E-state index contributed by atoms with van der Waals surface area (Å²) in [5.41, 5.74) is 2.06. The van der Waals surface area contributed by atoms with Crippen molar-refractivity contribution in [3.63, 3.8) is 0 Å². The third kappa shape index (κ3) is 4.76. The molecule has 0 amide bonds. The molecule has 142 valence electrons. The molecule has 0 aromatic heterocycles. The number of ether oxygens (including phenoxy) is 2. The Morgan fingerprint density at radius 1 is 1.04 bits per heavy atom. The zero-order chi connectivity index (χ0) is 18.5. The number of benzene rings is 2. The van der Waals surface area contributed by atoms with Gasteiger partial charge >= 0.3 is 0 Å². The van der Waals surface area contributed by atoms with Crippen LogP contribution in [0.5, 0.6) is 5.75 Å². The lowest BCUT2D eigenvalue weighted by Gasteiger charge is -2.26. The molecule has 1 heterocycles. The molecule has 1 aliphatic heterocycles. The molecule has 2 atom stereocenters. The second-order valence-electron chi connectivity index (χ2n) is 7.40. The van der Waals surface area contributed by atoms with E-state index in [1.807, 2.05) is 42.5 Å². The summed E-state index contributed by atoms with van der Waals surface area (Å²) >= 11 is 0. The van der Waals surface area contributed by atoms with Crippen LogP contribution in [0, 0.1) is 5.92 Å². The minimum atomic E-state index is 0.132. The Morgan fingerprint density at radius 3 is 2.52 bits per heavy atom. The van der Waals surface area contributed by atoms with Crippen LogP contribution in [-0.4, -0.2) is 50.1 Å². The van der Waals surface area contributed by atoms with Crippen molar-refractivity contribution in [3.8, 4) is 5.75 Å². The van der Waals surface area contributed by atoms with Gasteiger partial charge < -0.3 is 9.47 Å². The molecule has 1 saturated carbocycles. The lowest BCUT2D eigenvalue weighted by molar-refractivity contribution is 0.0358. The van der Waals surface area contributed by atoms with Crippen LogP contribution in [0.4, 0.5) is 0 Å². The van der Waals surface area contributed by atoms with E-state index in [0.717, 1.165) is 57.0 Å². The summed E-state index contributed by atoms with van der Waals surface area (Å²) < 4.78 is 11.2. The van der Waals surface area contributed by atoms with Crippen LogP contribution in [0.3, 0.4) is 0 Å². The molecule has 0 radical (unpaired) electrons. The van der Waals surface area contributed by atoms with Gasteiger partial charge in [0.25, 0.3) is 0 Å². The van der Waals surface area contributed by atoms with E-state index in [1.54, 1.807) is 0 Å². The van der Waals surface area contributed by atoms with Crippen molar-refractivity contribution < 1.29 is 14.3 Å². The number of carbonyl (C=O) groups is 1. The first kappa shape index (κ1) is 18.2. The van der Waals surface area contributed by atoms with Crippen molar-refractivity contribution in [3.05, 3.63) is 65.7 Å². The maximum absolute atomic E-state index is 12.7. The number of carbonyl (C=O) groups excluding carboxylic acids is 1. The number of Topliss-reactive ketones (excluding diaryl/α,β-unsaturated/α-hetero) is 1. The van der Waals surface area contributed by atoms with Gasteiger partial charge in [-0.2, -0.15) is 0 Å². The first-order chi connectivity index (χ1) is 13.3. The van der Waals surface area contributed by atoms with Gasteiger partial charge in [-0.1, -0.05) is 30.3 Å². The molecule has 0 N–H and O–H groups in total. The van der Waals surface area contributed by atoms with E-state index >= 15 is 0 Å². The van der Waals surface area contributed by atoms with Gasteiger partial charge in [-0.05, 0) is 48.6 Å². The zero-order valence-corrected chi connectivity index (χ0v) is 15.7. The van der Waals surface area contributed by atoms with Gasteiger partial charge in [-0.15, -0.1) is 0 Å². The van der Waals surface area contributed by atoms with Crippen LogP contribution >= 0.6 is 0 Å². The molecule has 2 fully saturated rings. The van der Waals surface area contributed by atoms with Crippen molar-refractivity contribution in [2.75, 3.05) is 39.5 Å². The molecular weight excluding hydrogens is 338 g/mol. The molecule has 1 saturated heterocycles. The predicted octanol–water partition coefficient (Wildman–Crippen LogP) is 3.77. The second kappa shape index (κ2) is 8.68. The fourth-order valence-corrected chi connectivity index (χ4v) is 3.79. The van der Waals surface area contributed by atoms with Crippen LogP contribution in [0.1, 0.15) is 34.7 Å². The summed E-state index contributed by atoms with van der Waals surface area (Å²) in [7, 11) is 0. The molecule has 4 rings (SSSR count). The lowest BCUT2D eigenvalue weighted by atomic mass is 10.0. The van der Waals surface area contributed by atoms with Gasteiger partial charge in [0.05, 0.1) is 19.8 Å². The highest BCUT2D eigenvalue weighted by Crippen LogP contribution is 2.49. The molecular formula is C23H27NO3. The van der Waals surface area contributed by atoms with E-state index in [1.165, 1.54) is 5.56 Å². The van der Waals surface area contributed by atoms with Crippen LogP contribution in [0.15, 0.2) is 54.6 Å². The van der Waals surface area contributed by atoms with E-state index < -0.39 is 0 Å². The summed E-state index contributed by atoms with van der Waals surface area (Å²) in [6.45, 7) is 5.45. The molecule has 1 aliphatic carbocycles. The summed E-state index contributed by atoms with van der Waals surface area (Å²) in [4.78, 5) is 15.1. The molecule has 0 bridgehead atoms. The maximum atomic E-state index is 12.7. The summed E-state index contributed by atoms with van der Waals surface area (Å²) in [6.07, 6.45) is 1.96. The fraction of sp³-hybridized carbons (Fsp3) is 0.435. The number of ketones is 1. The summed E-state index contributed by atoms with van der Waals surface area (Å²) in [6, 6.07) is 18.0. The highest BCUT2D eigenvalue weighted by atomic mass is 16.5. The molecule has 27 heavy (non-hydrogen) atoms. The Morgan fingerprint density at radius 2 is 1.78 bits per heavy atom. The number of rotatable bonds is 8. The van der Waals surface area contributed by atoms with E-state index in [0.29, 0.717) is 12.5 Å². The first-order valence-corrected chi connectivity index (χ1v) is 9.93. The van der Waals surface area contributed by atoms with Gasteiger partial charge in [-0.25, -0.2) is 0 Å². The quantitative estimate of drug-likeness (QED) is 0.527. The SMILES string of the molecule is O=C(c1ccc(OCCCN2CCOCC2)cc1)[C@@H]1C[C@H]1c1ccccc1. The molecule has 0 unspecified atom stereocenters. The summed E-state index contributed by atoms with van der Waals surface area (Å²) in [5.74, 6) is 1.61. The van der Waals surface area contributed by atoms with Crippen LogP contribution < -0.4 is 4.74 Å². The minimum Gasteiger partial charge on any atom is -0.494 e. The van der Waals surface area contributed by atoms with E-state index in [2.05, 4.69) is 17.0 Å². The average Bonchev–Trinajstić information content (AvgIpc) is 3.54. The standard InChI is InChI=1S/C23H27NO3/c25-23(22-17-21(22)18-5-2-1-3-6-18)19-7-9-20(10-8-19)27-14-4-11-24-12-15-26-16-13-24/h1-3,5-10,21-22H,4,11-17H2/t21-,22+/m0/s1.